The van der Waals surface area contributed by atoms with Crippen LogP contribution in [0.25, 0.3) is 0 Å². The minimum Gasteiger partial charge on any atom is -0.340 e. The molecule has 3 amide bonds. The van der Waals surface area contributed by atoms with Crippen LogP contribution in [0.15, 0.2) is 59.5 Å². The van der Waals surface area contributed by atoms with E-state index in [9.17, 15) is 18.0 Å². The molecule has 0 saturated carbocycles. The minimum absolute atomic E-state index is 0.122. The molecule has 0 aliphatic carbocycles. The zero-order valence-electron chi connectivity index (χ0n) is 12.9. The Bertz CT molecular complexity index is 835. The Morgan fingerprint density at radius 3 is 2.38 bits per heavy atom. The second kappa shape index (κ2) is 7.60. The van der Waals surface area contributed by atoms with Gasteiger partial charge in [-0.05, 0) is 23.8 Å². The minimum atomic E-state index is -4.00. The topological polar surface area (TPSA) is 104 Å². The Morgan fingerprint density at radius 1 is 1.00 bits per heavy atom. The molecule has 0 aromatic heterocycles. The van der Waals surface area contributed by atoms with E-state index in [-0.39, 0.29) is 17.2 Å². The molecule has 2 aromatic carbocycles. The molecule has 3 N–H and O–H groups in total. The third-order valence-corrected chi connectivity index (χ3v) is 4.42. The van der Waals surface area contributed by atoms with Crippen molar-refractivity contribution in [3.63, 3.8) is 0 Å². The predicted octanol–water partition coefficient (Wildman–Crippen LogP) is 1.49. The number of amides is 3. The maximum absolute atomic E-state index is 12.0. The lowest BCUT2D eigenvalue weighted by Gasteiger charge is -2.09. The number of sulfonamides is 1. The first-order valence-corrected chi connectivity index (χ1v) is 8.57. The van der Waals surface area contributed by atoms with Crippen molar-refractivity contribution in [3.05, 3.63) is 60.2 Å². The molecule has 24 heavy (non-hydrogen) atoms. The van der Waals surface area contributed by atoms with Crippen LogP contribution in [0.3, 0.4) is 0 Å². The van der Waals surface area contributed by atoms with E-state index in [0.717, 1.165) is 5.56 Å². The monoisotopic (exact) mass is 347 g/mol. The van der Waals surface area contributed by atoms with Crippen LogP contribution in [0, 0.1) is 0 Å². The van der Waals surface area contributed by atoms with Crippen molar-refractivity contribution in [2.24, 2.45) is 0 Å². The summed E-state index contributed by atoms with van der Waals surface area (Å²) in [6.45, 7) is 0. The first-order chi connectivity index (χ1) is 11.4. The van der Waals surface area contributed by atoms with Gasteiger partial charge in [0, 0.05) is 12.7 Å². The normalized spacial score (nSPS) is 10.7. The molecule has 0 radical (unpaired) electrons. The van der Waals surface area contributed by atoms with E-state index >= 15 is 0 Å². The first kappa shape index (κ1) is 17.5. The number of nitrogens with one attached hydrogen (secondary N) is 3. The molecule has 0 spiro atoms. The van der Waals surface area contributed by atoms with Gasteiger partial charge in [0.1, 0.15) is 0 Å². The Labute approximate surface area is 140 Å². The van der Waals surface area contributed by atoms with E-state index in [1.54, 1.807) is 6.07 Å². The zero-order valence-corrected chi connectivity index (χ0v) is 13.8. The van der Waals surface area contributed by atoms with Gasteiger partial charge < -0.3 is 10.6 Å². The number of urea groups is 1. The van der Waals surface area contributed by atoms with Gasteiger partial charge in [0.2, 0.25) is 5.91 Å². The molecule has 8 heteroatoms. The van der Waals surface area contributed by atoms with Crippen molar-refractivity contribution in [1.29, 1.82) is 0 Å². The number of anilines is 1. The van der Waals surface area contributed by atoms with Crippen molar-refractivity contribution in [3.8, 4) is 0 Å². The number of benzene rings is 2. The first-order valence-electron chi connectivity index (χ1n) is 7.09. The lowest BCUT2D eigenvalue weighted by molar-refractivity contribution is -0.115. The predicted molar refractivity (Wildman–Crippen MR) is 90.0 cm³/mol. The highest BCUT2D eigenvalue weighted by Crippen LogP contribution is 2.15. The Kier molecular flexibility index (Phi) is 5.54. The summed E-state index contributed by atoms with van der Waals surface area (Å²) < 4.78 is 25.9. The van der Waals surface area contributed by atoms with Gasteiger partial charge in [0.25, 0.3) is 10.0 Å². The highest BCUT2D eigenvalue weighted by Gasteiger charge is 2.17. The molecule has 0 atom stereocenters. The number of carbonyl (C=O) groups is 2. The smallest absolute Gasteiger partial charge is 0.328 e. The molecule has 0 unspecified atom stereocenters. The average Bonchev–Trinajstić information content (AvgIpc) is 2.55. The second-order valence-electron chi connectivity index (χ2n) is 4.92. The van der Waals surface area contributed by atoms with Crippen molar-refractivity contribution < 1.29 is 18.0 Å². The molecule has 2 aromatic rings. The van der Waals surface area contributed by atoms with Gasteiger partial charge in [-0.15, -0.1) is 0 Å². The van der Waals surface area contributed by atoms with E-state index < -0.39 is 16.1 Å². The molecule has 2 rings (SSSR count). The van der Waals surface area contributed by atoms with Crippen molar-refractivity contribution in [1.82, 2.24) is 10.0 Å². The van der Waals surface area contributed by atoms with E-state index in [1.807, 2.05) is 35.1 Å². The average molecular weight is 347 g/mol. The van der Waals surface area contributed by atoms with E-state index in [2.05, 4.69) is 10.6 Å². The number of carbonyl (C=O) groups excluding carboxylic acids is 2. The van der Waals surface area contributed by atoms with Gasteiger partial charge in [0.15, 0.2) is 0 Å². The quantitative estimate of drug-likeness (QED) is 0.762. The van der Waals surface area contributed by atoms with Gasteiger partial charge in [-0.1, -0.05) is 36.4 Å². The fourth-order valence-electron chi connectivity index (χ4n) is 1.96. The Hall–Kier alpha value is -2.87. The summed E-state index contributed by atoms with van der Waals surface area (Å²) in [4.78, 5) is 23.1. The van der Waals surface area contributed by atoms with Gasteiger partial charge in [-0.2, -0.15) is 0 Å². The highest BCUT2D eigenvalue weighted by atomic mass is 32.2. The standard InChI is InChI=1S/C16H17N3O4S/c1-17-16(21)19-24(22,23)14-9-5-8-13(11-14)18-15(20)10-12-6-3-2-4-7-12/h2-9,11H,10H2,1H3,(H,18,20)(H2,17,19,21). The van der Waals surface area contributed by atoms with Crippen LogP contribution in [0.4, 0.5) is 10.5 Å². The van der Waals surface area contributed by atoms with Crippen LogP contribution in [-0.4, -0.2) is 27.4 Å². The van der Waals surface area contributed by atoms with Crippen LogP contribution < -0.4 is 15.4 Å². The molecule has 0 aliphatic rings. The van der Waals surface area contributed by atoms with Crippen LogP contribution in [0.5, 0.6) is 0 Å². The fraction of sp³-hybridized carbons (Fsp3) is 0.125. The Balaban J connectivity index is 2.10. The second-order valence-corrected chi connectivity index (χ2v) is 6.61. The third-order valence-electron chi connectivity index (χ3n) is 3.09. The van der Waals surface area contributed by atoms with Gasteiger partial charge in [-0.25, -0.2) is 17.9 Å². The third kappa shape index (κ3) is 4.82. The summed E-state index contributed by atoms with van der Waals surface area (Å²) in [6, 6.07) is 14.0. The zero-order chi connectivity index (χ0) is 17.6. The van der Waals surface area contributed by atoms with Crippen LogP contribution >= 0.6 is 0 Å². The maximum Gasteiger partial charge on any atom is 0.328 e. The fourth-order valence-corrected chi connectivity index (χ4v) is 2.96. The highest BCUT2D eigenvalue weighted by molar-refractivity contribution is 7.90. The lowest BCUT2D eigenvalue weighted by Crippen LogP contribution is -2.37. The van der Waals surface area contributed by atoms with Crippen molar-refractivity contribution >= 4 is 27.6 Å². The van der Waals surface area contributed by atoms with E-state index in [4.69, 9.17) is 0 Å². The molecule has 0 fully saturated rings. The van der Waals surface area contributed by atoms with E-state index in [1.165, 1.54) is 25.2 Å². The van der Waals surface area contributed by atoms with Crippen LogP contribution in [0.2, 0.25) is 0 Å². The summed E-state index contributed by atoms with van der Waals surface area (Å²) in [6.07, 6.45) is 0.175. The van der Waals surface area contributed by atoms with Gasteiger partial charge >= 0.3 is 6.03 Å². The molecule has 0 bridgehead atoms. The maximum atomic E-state index is 12.0. The molecule has 0 heterocycles. The van der Waals surface area contributed by atoms with Gasteiger partial charge in [0.05, 0.1) is 11.3 Å². The Morgan fingerprint density at radius 2 is 1.71 bits per heavy atom. The molecular weight excluding hydrogens is 330 g/mol. The molecule has 0 aliphatic heterocycles. The summed E-state index contributed by atoms with van der Waals surface area (Å²) in [7, 11) is -2.69. The summed E-state index contributed by atoms with van der Waals surface area (Å²) in [5.74, 6) is -0.269. The molecule has 0 saturated heterocycles. The van der Waals surface area contributed by atoms with Crippen molar-refractivity contribution in [2.45, 2.75) is 11.3 Å². The molecule has 7 nitrogen and oxygen atoms in total. The number of rotatable bonds is 5. The van der Waals surface area contributed by atoms with Gasteiger partial charge in [-0.3, -0.25) is 4.79 Å². The van der Waals surface area contributed by atoms with E-state index in [0.29, 0.717) is 5.69 Å². The molecule has 126 valence electrons. The SMILES string of the molecule is CNC(=O)NS(=O)(=O)c1cccc(NC(=O)Cc2ccccc2)c1. The number of hydrogen-bond acceptors (Lipinski definition) is 4. The number of hydrogen-bond donors (Lipinski definition) is 3. The van der Waals surface area contributed by atoms with Crippen LogP contribution in [-0.2, 0) is 21.2 Å². The summed E-state index contributed by atoms with van der Waals surface area (Å²) >= 11 is 0. The molecular formula is C16H17N3O4S. The summed E-state index contributed by atoms with van der Waals surface area (Å²) in [5.41, 5.74) is 1.18. The van der Waals surface area contributed by atoms with Crippen LogP contribution in [0.1, 0.15) is 5.56 Å². The van der Waals surface area contributed by atoms with Crippen molar-refractivity contribution in [2.75, 3.05) is 12.4 Å². The largest absolute Gasteiger partial charge is 0.340 e. The lowest BCUT2D eigenvalue weighted by atomic mass is 10.1. The summed E-state index contributed by atoms with van der Waals surface area (Å²) in [5, 5.41) is 4.80.